The minimum absolute atomic E-state index is 0.0946. The lowest BCUT2D eigenvalue weighted by Crippen LogP contribution is -2.39. The van der Waals surface area contributed by atoms with Gasteiger partial charge < -0.3 is 14.2 Å². The fourth-order valence-corrected chi connectivity index (χ4v) is 1.56. The molecule has 0 saturated heterocycles. The molecule has 17 heavy (non-hydrogen) atoms. The molecule has 0 aromatic carbocycles. The van der Waals surface area contributed by atoms with Crippen LogP contribution in [0.25, 0.3) is 0 Å². The van der Waals surface area contributed by atoms with Crippen LogP contribution in [0.1, 0.15) is 27.7 Å². The van der Waals surface area contributed by atoms with Gasteiger partial charge in [0.25, 0.3) is 5.78 Å². The average molecular weight is 242 g/mol. The fraction of sp³-hybridized carbons (Fsp3) is 0.545. The summed E-state index contributed by atoms with van der Waals surface area (Å²) in [5, 5.41) is 0. The van der Waals surface area contributed by atoms with Crippen LogP contribution in [0.4, 0.5) is 0 Å². The molecule has 0 fully saturated rings. The topological polar surface area (TPSA) is 78.9 Å². The average Bonchev–Trinajstić information content (AvgIpc) is 2.36. The van der Waals surface area contributed by atoms with Gasteiger partial charge in [0.05, 0.1) is 6.61 Å². The van der Waals surface area contributed by atoms with Gasteiger partial charge in [-0.3, -0.25) is 9.59 Å². The van der Waals surface area contributed by atoms with Gasteiger partial charge in [-0.1, -0.05) is 0 Å². The summed E-state index contributed by atoms with van der Waals surface area (Å²) in [5.41, 5.74) is -0.212. The van der Waals surface area contributed by atoms with Crippen LogP contribution in [0, 0.1) is 0 Å². The summed E-state index contributed by atoms with van der Waals surface area (Å²) in [6.07, 6.45) is 0. The maximum atomic E-state index is 11.9. The molecule has 6 nitrogen and oxygen atoms in total. The molecule has 1 aliphatic rings. The van der Waals surface area contributed by atoms with E-state index in [9.17, 15) is 14.4 Å². The van der Waals surface area contributed by atoms with Crippen LogP contribution in [0.5, 0.6) is 0 Å². The molecule has 0 amide bonds. The number of rotatable bonds is 3. The van der Waals surface area contributed by atoms with Crippen molar-refractivity contribution in [2.75, 3.05) is 6.61 Å². The molecule has 0 saturated carbocycles. The normalized spacial score (nSPS) is 23.4. The van der Waals surface area contributed by atoms with Crippen molar-refractivity contribution >= 4 is 17.7 Å². The number of carbonyl (C=O) groups excluding carboxylic acids is 3. The van der Waals surface area contributed by atoms with E-state index in [4.69, 9.17) is 14.2 Å². The van der Waals surface area contributed by atoms with E-state index in [0.29, 0.717) is 0 Å². The van der Waals surface area contributed by atoms with Crippen LogP contribution in [0.3, 0.4) is 0 Å². The summed E-state index contributed by atoms with van der Waals surface area (Å²) in [4.78, 5) is 34.3. The molecule has 0 bridgehead atoms. The molecule has 0 N–H and O–H groups in total. The number of hydrogen-bond acceptors (Lipinski definition) is 6. The largest absolute Gasteiger partial charge is 0.462 e. The van der Waals surface area contributed by atoms with Crippen molar-refractivity contribution in [2.45, 2.75) is 33.5 Å². The van der Waals surface area contributed by atoms with E-state index < -0.39 is 23.5 Å². The van der Waals surface area contributed by atoms with Crippen molar-refractivity contribution in [3.63, 3.8) is 0 Å². The third-order valence-corrected chi connectivity index (χ3v) is 2.16. The van der Waals surface area contributed by atoms with E-state index in [-0.39, 0.29) is 17.9 Å². The number of esters is 2. The van der Waals surface area contributed by atoms with Crippen molar-refractivity contribution in [3.8, 4) is 0 Å². The number of allylic oxidation sites excluding steroid dienone is 1. The zero-order valence-electron chi connectivity index (χ0n) is 10.2. The second-order valence-corrected chi connectivity index (χ2v) is 3.62. The first-order chi connectivity index (χ1) is 7.81. The lowest BCUT2D eigenvalue weighted by atomic mass is 10.1. The summed E-state index contributed by atoms with van der Waals surface area (Å²) in [7, 11) is 0. The third-order valence-electron chi connectivity index (χ3n) is 2.16. The molecule has 0 radical (unpaired) electrons. The van der Waals surface area contributed by atoms with E-state index in [0.717, 1.165) is 6.92 Å². The highest BCUT2D eigenvalue weighted by Crippen LogP contribution is 2.32. The first kappa shape index (κ1) is 13.2. The summed E-state index contributed by atoms with van der Waals surface area (Å²) in [5.74, 6) is -3.82. The summed E-state index contributed by atoms with van der Waals surface area (Å²) in [6.45, 7) is 5.65. The Morgan fingerprint density at radius 3 is 2.47 bits per heavy atom. The monoisotopic (exact) mass is 242 g/mol. The Hall–Kier alpha value is -1.85. The minimum atomic E-state index is -1.77. The first-order valence-corrected chi connectivity index (χ1v) is 5.13. The number of hydrogen-bond donors (Lipinski definition) is 0. The first-order valence-electron chi connectivity index (χ1n) is 5.13. The third kappa shape index (κ3) is 2.46. The highest BCUT2D eigenvalue weighted by Gasteiger charge is 2.50. The lowest BCUT2D eigenvalue weighted by Gasteiger charge is -2.21. The molecule has 1 aliphatic heterocycles. The van der Waals surface area contributed by atoms with Crippen molar-refractivity contribution in [3.05, 3.63) is 11.3 Å². The van der Waals surface area contributed by atoms with E-state index in [1.165, 1.54) is 13.8 Å². The molecule has 0 aliphatic carbocycles. The maximum Gasteiger partial charge on any atom is 0.345 e. The molecule has 6 heteroatoms. The van der Waals surface area contributed by atoms with Gasteiger partial charge in [0.2, 0.25) is 0 Å². The Bertz CT molecular complexity index is 408. The van der Waals surface area contributed by atoms with E-state index >= 15 is 0 Å². The van der Waals surface area contributed by atoms with Gasteiger partial charge in [-0.25, -0.2) is 4.79 Å². The highest BCUT2D eigenvalue weighted by atomic mass is 16.7. The Kier molecular flexibility index (Phi) is 3.55. The Morgan fingerprint density at radius 1 is 1.41 bits per heavy atom. The van der Waals surface area contributed by atoms with Gasteiger partial charge in [-0.05, 0) is 13.8 Å². The van der Waals surface area contributed by atoms with Crippen LogP contribution in [-0.2, 0) is 28.6 Å². The summed E-state index contributed by atoms with van der Waals surface area (Å²) < 4.78 is 14.6. The maximum absolute atomic E-state index is 11.9. The van der Waals surface area contributed by atoms with E-state index in [1.54, 1.807) is 6.92 Å². The van der Waals surface area contributed by atoms with Crippen molar-refractivity contribution in [2.24, 2.45) is 0 Å². The molecular formula is C11H14O6. The second-order valence-electron chi connectivity index (χ2n) is 3.62. The Balaban J connectivity index is 2.96. The highest BCUT2D eigenvalue weighted by molar-refractivity contribution is 6.21. The van der Waals surface area contributed by atoms with Gasteiger partial charge in [0.15, 0.2) is 0 Å². The fourth-order valence-electron chi connectivity index (χ4n) is 1.56. The van der Waals surface area contributed by atoms with E-state index in [2.05, 4.69) is 0 Å². The zero-order valence-corrected chi connectivity index (χ0v) is 10.2. The SMILES string of the molecule is CCOC(=O)C1=C(C)O[C@@](C)(OC(C)=O)C1=O. The van der Waals surface area contributed by atoms with Crippen LogP contribution in [-0.4, -0.2) is 30.1 Å². The molecule has 0 aromatic rings. The predicted octanol–water partition coefficient (Wildman–Crippen LogP) is 0.702. The number of ketones is 1. The quantitative estimate of drug-likeness (QED) is 0.535. The van der Waals surface area contributed by atoms with Gasteiger partial charge in [-0.2, -0.15) is 0 Å². The lowest BCUT2D eigenvalue weighted by molar-refractivity contribution is -0.199. The summed E-state index contributed by atoms with van der Waals surface area (Å²) in [6, 6.07) is 0. The molecular weight excluding hydrogens is 228 g/mol. The number of Topliss-reactive ketones (excluding diaryl/α,β-unsaturated/α-hetero) is 1. The predicted molar refractivity (Wildman–Crippen MR) is 55.6 cm³/mol. The minimum Gasteiger partial charge on any atom is -0.462 e. The van der Waals surface area contributed by atoms with Crippen LogP contribution < -0.4 is 0 Å². The number of ether oxygens (including phenoxy) is 3. The van der Waals surface area contributed by atoms with Gasteiger partial charge in [0.1, 0.15) is 11.3 Å². The number of carbonyl (C=O) groups is 3. The Labute approximate surface area is 98.5 Å². The van der Waals surface area contributed by atoms with Crippen LogP contribution in [0.15, 0.2) is 11.3 Å². The van der Waals surface area contributed by atoms with Gasteiger partial charge >= 0.3 is 17.7 Å². The van der Waals surface area contributed by atoms with Crippen molar-refractivity contribution in [1.29, 1.82) is 0 Å². The Morgan fingerprint density at radius 2 is 2.00 bits per heavy atom. The van der Waals surface area contributed by atoms with Crippen LogP contribution >= 0.6 is 0 Å². The standard InChI is InChI=1S/C11H14O6/c1-5-15-10(14)8-6(2)16-11(4,9(8)13)17-7(3)12/h5H2,1-4H3/t11-/m0/s1. The summed E-state index contributed by atoms with van der Waals surface area (Å²) >= 11 is 0. The zero-order chi connectivity index (χ0) is 13.2. The molecule has 0 unspecified atom stereocenters. The van der Waals surface area contributed by atoms with Crippen LogP contribution in [0.2, 0.25) is 0 Å². The van der Waals surface area contributed by atoms with Gasteiger partial charge in [-0.15, -0.1) is 0 Å². The molecule has 1 rings (SSSR count). The van der Waals surface area contributed by atoms with Gasteiger partial charge in [0, 0.05) is 13.8 Å². The van der Waals surface area contributed by atoms with E-state index in [1.807, 2.05) is 0 Å². The molecule has 0 spiro atoms. The van der Waals surface area contributed by atoms with Crippen molar-refractivity contribution in [1.82, 2.24) is 0 Å². The second kappa shape index (κ2) is 4.57. The smallest absolute Gasteiger partial charge is 0.345 e. The molecule has 94 valence electrons. The molecule has 1 atom stereocenters. The van der Waals surface area contributed by atoms with Crippen molar-refractivity contribution < 1.29 is 28.6 Å². The molecule has 1 heterocycles. The molecule has 0 aromatic heterocycles.